The van der Waals surface area contributed by atoms with Gasteiger partial charge in [0.15, 0.2) is 5.78 Å². The topological polar surface area (TPSA) is 38.3 Å². The molecule has 2 rings (SSSR count). The lowest BCUT2D eigenvalue weighted by Crippen LogP contribution is -2.06. The Morgan fingerprint density at radius 3 is 2.15 bits per heavy atom. The van der Waals surface area contributed by atoms with Crippen LogP contribution in [0.4, 0.5) is 5.69 Å². The first-order chi connectivity index (χ1) is 9.60. The molecule has 3 nitrogen and oxygen atoms in total. The molecule has 0 fully saturated rings. The molecule has 20 heavy (non-hydrogen) atoms. The first kappa shape index (κ1) is 14.1. The first-order valence-corrected chi connectivity index (χ1v) is 6.61. The van der Waals surface area contributed by atoms with Crippen LogP contribution in [0, 0.1) is 0 Å². The van der Waals surface area contributed by atoms with Crippen LogP contribution in [0.2, 0.25) is 0 Å². The normalized spacial score (nSPS) is 11.8. The van der Waals surface area contributed by atoms with Crippen LogP contribution >= 0.6 is 0 Å². The van der Waals surface area contributed by atoms with Gasteiger partial charge in [0.2, 0.25) is 0 Å². The van der Waals surface area contributed by atoms with E-state index in [2.05, 4.69) is 12.2 Å². The molecule has 1 N–H and O–H groups in total. The second kappa shape index (κ2) is 6.24. The van der Waals surface area contributed by atoms with E-state index in [1.165, 1.54) is 5.56 Å². The Morgan fingerprint density at radius 1 is 1.05 bits per heavy atom. The monoisotopic (exact) mass is 269 g/mol. The molecule has 1 atom stereocenters. The van der Waals surface area contributed by atoms with Crippen LogP contribution < -0.4 is 10.1 Å². The van der Waals surface area contributed by atoms with Gasteiger partial charge in [-0.25, -0.2) is 0 Å². The van der Waals surface area contributed by atoms with Crippen LogP contribution in [0.25, 0.3) is 0 Å². The molecule has 3 heteroatoms. The van der Waals surface area contributed by atoms with Crippen molar-refractivity contribution in [2.75, 3.05) is 12.4 Å². The Morgan fingerprint density at radius 2 is 1.65 bits per heavy atom. The maximum atomic E-state index is 11.2. The number of Topliss-reactive ketones (excluding diaryl/α,β-unsaturated/α-hetero) is 1. The van der Waals surface area contributed by atoms with E-state index in [0.29, 0.717) is 0 Å². The summed E-state index contributed by atoms with van der Waals surface area (Å²) < 4.78 is 5.15. The van der Waals surface area contributed by atoms with Crippen LogP contribution in [0.1, 0.15) is 35.8 Å². The summed E-state index contributed by atoms with van der Waals surface area (Å²) in [6.45, 7) is 3.67. The summed E-state index contributed by atoms with van der Waals surface area (Å²) in [7, 11) is 1.66. The van der Waals surface area contributed by atoms with E-state index in [9.17, 15) is 4.79 Å². The third kappa shape index (κ3) is 3.38. The average molecular weight is 269 g/mol. The molecule has 0 aliphatic rings. The van der Waals surface area contributed by atoms with Gasteiger partial charge in [-0.05, 0) is 55.8 Å². The van der Waals surface area contributed by atoms with Gasteiger partial charge < -0.3 is 10.1 Å². The Balaban J connectivity index is 2.06. The third-order valence-corrected chi connectivity index (χ3v) is 3.29. The van der Waals surface area contributed by atoms with Gasteiger partial charge in [-0.2, -0.15) is 0 Å². The summed E-state index contributed by atoms with van der Waals surface area (Å²) in [6, 6.07) is 15.7. The van der Waals surface area contributed by atoms with E-state index in [0.717, 1.165) is 17.0 Å². The van der Waals surface area contributed by atoms with Crippen LogP contribution in [-0.2, 0) is 0 Å². The van der Waals surface area contributed by atoms with Crippen molar-refractivity contribution in [2.45, 2.75) is 19.9 Å². The minimum absolute atomic E-state index is 0.0831. The Hall–Kier alpha value is -2.29. The number of carbonyl (C=O) groups is 1. The van der Waals surface area contributed by atoms with E-state index in [1.54, 1.807) is 14.0 Å². The Labute approximate surface area is 119 Å². The van der Waals surface area contributed by atoms with Crippen molar-refractivity contribution < 1.29 is 9.53 Å². The highest BCUT2D eigenvalue weighted by Gasteiger charge is 2.06. The zero-order chi connectivity index (χ0) is 14.5. The van der Waals surface area contributed by atoms with Gasteiger partial charge in [0.25, 0.3) is 0 Å². The summed E-state index contributed by atoms with van der Waals surface area (Å²) in [5.74, 6) is 0.937. The zero-order valence-corrected chi connectivity index (χ0v) is 12.0. The number of rotatable bonds is 5. The van der Waals surface area contributed by atoms with E-state index in [1.807, 2.05) is 48.5 Å². The number of benzene rings is 2. The molecule has 2 aromatic carbocycles. The van der Waals surface area contributed by atoms with E-state index in [-0.39, 0.29) is 11.8 Å². The van der Waals surface area contributed by atoms with E-state index < -0.39 is 0 Å². The fourth-order valence-electron chi connectivity index (χ4n) is 2.03. The summed E-state index contributed by atoms with van der Waals surface area (Å²) in [6.07, 6.45) is 0. The van der Waals surface area contributed by atoms with Crippen molar-refractivity contribution in [3.63, 3.8) is 0 Å². The van der Waals surface area contributed by atoms with E-state index >= 15 is 0 Å². The number of anilines is 1. The molecule has 0 spiro atoms. The summed E-state index contributed by atoms with van der Waals surface area (Å²) in [5.41, 5.74) is 2.91. The van der Waals surface area contributed by atoms with Gasteiger partial charge >= 0.3 is 0 Å². The molecule has 0 radical (unpaired) electrons. The maximum Gasteiger partial charge on any atom is 0.159 e. The van der Waals surface area contributed by atoms with Gasteiger partial charge in [-0.3, -0.25) is 4.79 Å². The van der Waals surface area contributed by atoms with Crippen molar-refractivity contribution >= 4 is 11.5 Å². The van der Waals surface area contributed by atoms with Gasteiger partial charge in [0.1, 0.15) is 5.75 Å². The van der Waals surface area contributed by atoms with Crippen molar-refractivity contribution in [3.05, 3.63) is 59.7 Å². The number of hydrogen-bond acceptors (Lipinski definition) is 3. The van der Waals surface area contributed by atoms with Crippen molar-refractivity contribution in [2.24, 2.45) is 0 Å². The minimum Gasteiger partial charge on any atom is -0.497 e. The van der Waals surface area contributed by atoms with Crippen molar-refractivity contribution in [1.29, 1.82) is 0 Å². The highest BCUT2D eigenvalue weighted by Crippen LogP contribution is 2.21. The maximum absolute atomic E-state index is 11.2. The fourth-order valence-corrected chi connectivity index (χ4v) is 2.03. The molecule has 0 heterocycles. The van der Waals surface area contributed by atoms with Crippen LogP contribution in [0.5, 0.6) is 5.75 Å². The molecule has 0 amide bonds. The molecule has 2 aromatic rings. The second-order valence-corrected chi connectivity index (χ2v) is 4.77. The molecule has 0 aliphatic heterocycles. The predicted molar refractivity (Wildman–Crippen MR) is 81.5 cm³/mol. The number of carbonyl (C=O) groups excluding carboxylic acids is 1. The van der Waals surface area contributed by atoms with Crippen LogP contribution in [0.3, 0.4) is 0 Å². The van der Waals surface area contributed by atoms with Crippen LogP contribution in [-0.4, -0.2) is 12.9 Å². The van der Waals surface area contributed by atoms with Gasteiger partial charge in [0.05, 0.1) is 7.11 Å². The van der Waals surface area contributed by atoms with Crippen molar-refractivity contribution in [1.82, 2.24) is 0 Å². The van der Waals surface area contributed by atoms with E-state index in [4.69, 9.17) is 4.74 Å². The molecular formula is C17H19NO2. The number of ether oxygens (including phenoxy) is 1. The summed E-state index contributed by atoms with van der Waals surface area (Å²) in [5, 5.41) is 3.41. The van der Waals surface area contributed by atoms with Gasteiger partial charge in [0, 0.05) is 17.3 Å². The minimum atomic E-state index is 0.0831. The fraction of sp³-hybridized carbons (Fsp3) is 0.235. The van der Waals surface area contributed by atoms with Gasteiger partial charge in [-0.15, -0.1) is 0 Å². The molecule has 1 unspecified atom stereocenters. The highest BCUT2D eigenvalue weighted by molar-refractivity contribution is 5.94. The predicted octanol–water partition coefficient (Wildman–Crippen LogP) is 4.07. The zero-order valence-electron chi connectivity index (χ0n) is 12.0. The highest BCUT2D eigenvalue weighted by atomic mass is 16.5. The molecule has 0 saturated carbocycles. The standard InChI is InChI=1S/C17H19NO2/c1-12(14-6-10-17(20-3)11-7-14)18-16-8-4-15(5-9-16)13(2)19/h4-12,18H,1-3H3. The lowest BCUT2D eigenvalue weighted by Gasteiger charge is -2.16. The first-order valence-electron chi connectivity index (χ1n) is 6.61. The lowest BCUT2D eigenvalue weighted by atomic mass is 10.1. The molecule has 104 valence electrons. The molecule has 0 aliphatic carbocycles. The molecule has 0 saturated heterocycles. The second-order valence-electron chi connectivity index (χ2n) is 4.77. The number of methoxy groups -OCH3 is 1. The Kier molecular flexibility index (Phi) is 4.41. The lowest BCUT2D eigenvalue weighted by molar-refractivity contribution is 0.101. The number of nitrogens with one attached hydrogen (secondary N) is 1. The summed E-state index contributed by atoms with van der Waals surface area (Å²) >= 11 is 0. The Bertz CT molecular complexity index is 573. The molecular weight excluding hydrogens is 250 g/mol. The molecule has 0 aromatic heterocycles. The average Bonchev–Trinajstić information content (AvgIpc) is 2.48. The largest absolute Gasteiger partial charge is 0.497 e. The smallest absolute Gasteiger partial charge is 0.159 e. The SMILES string of the molecule is COc1ccc(C(C)Nc2ccc(C(C)=O)cc2)cc1. The van der Waals surface area contributed by atoms with Gasteiger partial charge in [-0.1, -0.05) is 12.1 Å². The molecule has 0 bridgehead atoms. The number of ketones is 1. The third-order valence-electron chi connectivity index (χ3n) is 3.29. The van der Waals surface area contributed by atoms with Crippen LogP contribution in [0.15, 0.2) is 48.5 Å². The summed E-state index contributed by atoms with van der Waals surface area (Å²) in [4.78, 5) is 11.2. The van der Waals surface area contributed by atoms with Crippen molar-refractivity contribution in [3.8, 4) is 5.75 Å². The quantitative estimate of drug-likeness (QED) is 0.831. The number of hydrogen-bond donors (Lipinski definition) is 1.